The molecule has 1 aliphatic heterocycles. The van der Waals surface area contributed by atoms with Crippen LogP contribution in [0.4, 0.5) is 4.39 Å². The van der Waals surface area contributed by atoms with Crippen molar-refractivity contribution in [3.05, 3.63) is 29.6 Å². The maximum Gasteiger partial charge on any atom is 0.307 e. The molecule has 0 radical (unpaired) electrons. The van der Waals surface area contributed by atoms with Crippen molar-refractivity contribution in [2.45, 2.75) is 64.8 Å². The van der Waals surface area contributed by atoms with Gasteiger partial charge in [-0.15, -0.1) is 0 Å². The normalized spacial score (nSPS) is 30.0. The third-order valence-corrected chi connectivity index (χ3v) is 6.50. The summed E-state index contributed by atoms with van der Waals surface area (Å²) in [5.41, 5.74) is 0.0220. The van der Waals surface area contributed by atoms with E-state index in [2.05, 4.69) is 6.92 Å². The van der Waals surface area contributed by atoms with Crippen molar-refractivity contribution in [1.29, 1.82) is 0 Å². The third-order valence-electron chi connectivity index (χ3n) is 6.50. The number of carboxylic acids is 1. The quantitative estimate of drug-likeness (QED) is 0.750. The Morgan fingerprint density at radius 1 is 1.36 bits per heavy atom. The molecular weight excluding hydrogens is 363 g/mol. The Morgan fingerprint density at radius 3 is 2.89 bits per heavy atom. The maximum absolute atomic E-state index is 13.8. The highest BCUT2D eigenvalue weighted by Crippen LogP contribution is 2.44. The summed E-state index contributed by atoms with van der Waals surface area (Å²) in [6.07, 6.45) is 4.08. The number of carbonyl (C=O) groups is 1. The van der Waals surface area contributed by atoms with E-state index in [0.717, 1.165) is 31.7 Å². The van der Waals surface area contributed by atoms with Gasteiger partial charge in [-0.1, -0.05) is 19.8 Å². The van der Waals surface area contributed by atoms with Crippen LogP contribution in [0.5, 0.6) is 5.75 Å². The second-order valence-corrected chi connectivity index (χ2v) is 8.41. The molecule has 0 aromatic heterocycles. The standard InChI is InChI=1S/C22H30FO5/c1-13-6-7-15-4-3-5-18(19(15)12-27-13)14(2)22(26)28-17-8-9-20(23)16(10-17)11-21(24)25/h8-10,13-15,18-19,22H,3-7,11-12H2,1-2H3,(H,24,25)/q-1/t13?,14-,15-,18+,19?,22-/m1/s1. The van der Waals surface area contributed by atoms with E-state index in [4.69, 9.17) is 14.6 Å². The molecule has 0 bridgehead atoms. The number of hydrogen-bond donors (Lipinski definition) is 1. The van der Waals surface area contributed by atoms with Crippen LogP contribution in [0.25, 0.3) is 0 Å². The maximum atomic E-state index is 13.8. The summed E-state index contributed by atoms with van der Waals surface area (Å²) in [6.45, 7) is 4.74. The zero-order valence-electron chi connectivity index (χ0n) is 16.6. The van der Waals surface area contributed by atoms with Gasteiger partial charge >= 0.3 is 5.97 Å². The lowest BCUT2D eigenvalue weighted by atomic mass is 9.66. The Labute approximate surface area is 165 Å². The van der Waals surface area contributed by atoms with E-state index in [-0.39, 0.29) is 29.3 Å². The van der Waals surface area contributed by atoms with E-state index in [0.29, 0.717) is 18.4 Å². The van der Waals surface area contributed by atoms with Crippen LogP contribution in [-0.2, 0) is 16.0 Å². The molecule has 2 unspecified atom stereocenters. The molecule has 1 heterocycles. The molecule has 1 N–H and O–H groups in total. The number of carboxylic acid groups (broad SMARTS) is 1. The van der Waals surface area contributed by atoms with Crippen LogP contribution in [-0.4, -0.2) is 30.1 Å². The van der Waals surface area contributed by atoms with Crippen LogP contribution in [0.3, 0.4) is 0 Å². The number of benzene rings is 1. The van der Waals surface area contributed by atoms with Gasteiger partial charge in [0.15, 0.2) is 0 Å². The van der Waals surface area contributed by atoms with Gasteiger partial charge in [0.25, 0.3) is 0 Å². The summed E-state index contributed by atoms with van der Waals surface area (Å²) >= 11 is 0. The molecule has 6 atom stereocenters. The minimum atomic E-state index is -1.28. The Bertz CT molecular complexity index is 679. The summed E-state index contributed by atoms with van der Waals surface area (Å²) in [6, 6.07) is 3.86. The first-order valence-electron chi connectivity index (χ1n) is 10.3. The molecular formula is C22H30FO5-. The molecule has 1 saturated carbocycles. The van der Waals surface area contributed by atoms with Gasteiger partial charge in [0.2, 0.25) is 0 Å². The monoisotopic (exact) mass is 393 g/mol. The molecule has 6 heteroatoms. The number of fused-ring (bicyclic) bond motifs is 1. The van der Waals surface area contributed by atoms with Crippen LogP contribution in [0.1, 0.15) is 51.5 Å². The van der Waals surface area contributed by atoms with Crippen molar-refractivity contribution < 1.29 is 28.9 Å². The largest absolute Gasteiger partial charge is 0.821 e. The van der Waals surface area contributed by atoms with Crippen molar-refractivity contribution in [2.24, 2.45) is 23.7 Å². The van der Waals surface area contributed by atoms with E-state index < -0.39 is 24.5 Å². The highest BCUT2D eigenvalue weighted by Gasteiger charge is 2.38. The van der Waals surface area contributed by atoms with Crippen LogP contribution < -0.4 is 9.84 Å². The van der Waals surface area contributed by atoms with Gasteiger partial charge in [-0.3, -0.25) is 4.79 Å². The van der Waals surface area contributed by atoms with E-state index in [1.165, 1.54) is 18.6 Å². The summed E-state index contributed by atoms with van der Waals surface area (Å²) in [7, 11) is 0. The van der Waals surface area contributed by atoms with Crippen LogP contribution in [0.15, 0.2) is 18.2 Å². The fourth-order valence-corrected chi connectivity index (χ4v) is 4.84. The summed E-state index contributed by atoms with van der Waals surface area (Å²) in [5, 5.41) is 21.8. The van der Waals surface area contributed by atoms with Gasteiger partial charge in [0.05, 0.1) is 19.1 Å². The molecule has 1 aromatic rings. The Morgan fingerprint density at radius 2 is 2.14 bits per heavy atom. The molecule has 2 fully saturated rings. The average Bonchev–Trinajstić information content (AvgIpc) is 2.85. The summed E-state index contributed by atoms with van der Waals surface area (Å²) in [4.78, 5) is 10.9. The molecule has 1 aromatic carbocycles. The van der Waals surface area contributed by atoms with Crippen molar-refractivity contribution in [2.75, 3.05) is 6.61 Å². The van der Waals surface area contributed by atoms with Crippen LogP contribution in [0, 0.1) is 29.5 Å². The first kappa shape index (κ1) is 21.1. The summed E-state index contributed by atoms with van der Waals surface area (Å²) in [5.74, 6) is -0.495. The van der Waals surface area contributed by atoms with E-state index >= 15 is 0 Å². The Kier molecular flexibility index (Phi) is 6.94. The molecule has 5 nitrogen and oxygen atoms in total. The first-order valence-corrected chi connectivity index (χ1v) is 10.3. The highest BCUT2D eigenvalue weighted by molar-refractivity contribution is 5.70. The average molecular weight is 393 g/mol. The van der Waals surface area contributed by atoms with Crippen molar-refractivity contribution >= 4 is 5.97 Å². The molecule has 28 heavy (non-hydrogen) atoms. The number of halogens is 1. The number of hydrogen-bond acceptors (Lipinski definition) is 4. The lowest BCUT2D eigenvalue weighted by Crippen LogP contribution is -2.46. The van der Waals surface area contributed by atoms with E-state index in [9.17, 15) is 14.3 Å². The van der Waals surface area contributed by atoms with Gasteiger partial charge in [-0.25, -0.2) is 4.39 Å². The molecule has 3 rings (SSSR count). The van der Waals surface area contributed by atoms with Gasteiger partial charge in [-0.05, 0) is 68.1 Å². The van der Waals surface area contributed by atoms with E-state index in [1.807, 2.05) is 6.92 Å². The lowest BCUT2D eigenvalue weighted by Gasteiger charge is -2.44. The SMILES string of the molecule is CC1CC[C@H]2CCC[C@@H]([C@@H](C)[C@H]([O-])Oc3ccc(F)c(CC(=O)O)c3)C2CO1. The topological polar surface area (TPSA) is 78.8 Å². The second kappa shape index (κ2) is 9.23. The fraction of sp³-hybridized carbons (Fsp3) is 0.682. The highest BCUT2D eigenvalue weighted by atomic mass is 19.1. The third kappa shape index (κ3) is 5.03. The van der Waals surface area contributed by atoms with Gasteiger partial charge in [-0.2, -0.15) is 0 Å². The summed E-state index contributed by atoms with van der Waals surface area (Å²) < 4.78 is 25.3. The molecule has 1 aliphatic carbocycles. The second-order valence-electron chi connectivity index (χ2n) is 8.41. The number of aliphatic carboxylic acids is 1. The predicted octanol–water partition coefficient (Wildman–Crippen LogP) is 3.39. The molecule has 2 aliphatic rings. The van der Waals surface area contributed by atoms with Gasteiger partial charge in [0, 0.05) is 11.9 Å². The van der Waals surface area contributed by atoms with Crippen molar-refractivity contribution in [1.82, 2.24) is 0 Å². The first-order chi connectivity index (χ1) is 13.3. The number of ether oxygens (including phenoxy) is 2. The Hall–Kier alpha value is -1.66. The van der Waals surface area contributed by atoms with Crippen LogP contribution in [0.2, 0.25) is 0 Å². The van der Waals surface area contributed by atoms with E-state index in [1.54, 1.807) is 0 Å². The van der Waals surface area contributed by atoms with Crippen LogP contribution >= 0.6 is 0 Å². The smallest absolute Gasteiger partial charge is 0.307 e. The van der Waals surface area contributed by atoms with Crippen molar-refractivity contribution in [3.63, 3.8) is 0 Å². The molecule has 156 valence electrons. The molecule has 0 spiro atoms. The Balaban J connectivity index is 1.68. The number of rotatable bonds is 6. The minimum Gasteiger partial charge on any atom is -0.821 e. The predicted molar refractivity (Wildman–Crippen MR) is 100 cm³/mol. The minimum absolute atomic E-state index is 0.0220. The van der Waals surface area contributed by atoms with Gasteiger partial charge in [0.1, 0.15) is 11.6 Å². The zero-order valence-corrected chi connectivity index (χ0v) is 16.6. The van der Waals surface area contributed by atoms with Crippen molar-refractivity contribution in [3.8, 4) is 5.75 Å². The zero-order chi connectivity index (χ0) is 20.3. The molecule has 0 amide bonds. The van der Waals surface area contributed by atoms with Gasteiger partial charge < -0.3 is 19.7 Å². The lowest BCUT2D eigenvalue weighted by molar-refractivity contribution is -0.489. The molecule has 1 saturated heterocycles. The fourth-order valence-electron chi connectivity index (χ4n) is 4.84.